The Balaban J connectivity index is 1.47. The van der Waals surface area contributed by atoms with Crippen molar-refractivity contribution in [2.75, 3.05) is 12.3 Å². The lowest BCUT2D eigenvalue weighted by Crippen LogP contribution is -2.27. The van der Waals surface area contributed by atoms with Crippen LogP contribution in [0.3, 0.4) is 0 Å². The van der Waals surface area contributed by atoms with Crippen molar-refractivity contribution in [3.05, 3.63) is 77.2 Å². The summed E-state index contributed by atoms with van der Waals surface area (Å²) in [6.07, 6.45) is 4.33. The van der Waals surface area contributed by atoms with Gasteiger partial charge in [-0.15, -0.1) is 21.5 Å². The molecule has 0 atom stereocenters. The highest BCUT2D eigenvalue weighted by atomic mass is 32.2. The van der Waals surface area contributed by atoms with Gasteiger partial charge in [0.1, 0.15) is 0 Å². The van der Waals surface area contributed by atoms with Gasteiger partial charge in [0.25, 0.3) is 0 Å². The smallest absolute Gasteiger partial charge is 0.230 e. The van der Waals surface area contributed by atoms with Gasteiger partial charge in [-0.25, -0.2) is 0 Å². The van der Waals surface area contributed by atoms with Crippen molar-refractivity contribution < 1.29 is 4.79 Å². The second kappa shape index (κ2) is 9.49. The van der Waals surface area contributed by atoms with Crippen molar-refractivity contribution in [2.24, 2.45) is 0 Å². The summed E-state index contributed by atoms with van der Waals surface area (Å²) in [6, 6.07) is 17.8. The summed E-state index contributed by atoms with van der Waals surface area (Å²) in [5.74, 6) is 0.963. The minimum atomic E-state index is -0.0166. The van der Waals surface area contributed by atoms with Crippen LogP contribution in [0.1, 0.15) is 4.88 Å². The van der Waals surface area contributed by atoms with Gasteiger partial charge in [0.2, 0.25) is 5.91 Å². The van der Waals surface area contributed by atoms with Crippen molar-refractivity contribution >= 4 is 29.0 Å². The molecule has 1 N–H and O–H groups in total. The normalized spacial score (nSPS) is 10.8. The maximum absolute atomic E-state index is 12.3. The molecule has 6 nitrogen and oxygen atoms in total. The van der Waals surface area contributed by atoms with Crippen molar-refractivity contribution in [1.29, 1.82) is 0 Å². The van der Waals surface area contributed by atoms with Gasteiger partial charge in [-0.05, 0) is 42.1 Å². The van der Waals surface area contributed by atoms with Gasteiger partial charge in [-0.1, -0.05) is 36.0 Å². The van der Waals surface area contributed by atoms with Crippen LogP contribution in [0.4, 0.5) is 0 Å². The first-order chi connectivity index (χ1) is 14.3. The Labute approximate surface area is 177 Å². The molecule has 0 spiro atoms. The number of hydrogen-bond donors (Lipinski definition) is 1. The lowest BCUT2D eigenvalue weighted by atomic mass is 10.2. The van der Waals surface area contributed by atoms with Crippen LogP contribution in [0.2, 0.25) is 0 Å². The average Bonchev–Trinajstić information content (AvgIpc) is 3.43. The van der Waals surface area contributed by atoms with Crippen LogP contribution in [-0.4, -0.2) is 38.0 Å². The Morgan fingerprint density at radius 1 is 1.07 bits per heavy atom. The summed E-state index contributed by atoms with van der Waals surface area (Å²) in [4.78, 5) is 17.7. The van der Waals surface area contributed by atoms with Gasteiger partial charge in [-0.2, -0.15) is 0 Å². The second-order valence-corrected chi connectivity index (χ2v) is 8.16. The number of thioether (sulfide) groups is 1. The molecule has 0 saturated heterocycles. The molecule has 8 heteroatoms. The molecule has 0 unspecified atom stereocenters. The lowest BCUT2D eigenvalue weighted by molar-refractivity contribution is -0.118. The van der Waals surface area contributed by atoms with E-state index in [-0.39, 0.29) is 11.7 Å². The van der Waals surface area contributed by atoms with Gasteiger partial charge in [0, 0.05) is 35.1 Å². The molecule has 0 bridgehead atoms. The monoisotopic (exact) mass is 421 g/mol. The Kier molecular flexibility index (Phi) is 6.33. The number of nitrogens with one attached hydrogen (secondary N) is 1. The molecule has 29 heavy (non-hydrogen) atoms. The zero-order valence-electron chi connectivity index (χ0n) is 15.6. The van der Waals surface area contributed by atoms with Gasteiger partial charge >= 0.3 is 0 Å². The fourth-order valence-corrected chi connectivity index (χ4v) is 4.31. The van der Waals surface area contributed by atoms with Crippen molar-refractivity contribution in [3.8, 4) is 17.1 Å². The van der Waals surface area contributed by atoms with Crippen LogP contribution >= 0.6 is 23.1 Å². The van der Waals surface area contributed by atoms with E-state index in [0.29, 0.717) is 17.5 Å². The Morgan fingerprint density at radius 2 is 1.97 bits per heavy atom. The third-order valence-corrected chi connectivity index (χ3v) is 6.04. The van der Waals surface area contributed by atoms with Gasteiger partial charge in [0.15, 0.2) is 11.0 Å². The van der Waals surface area contributed by atoms with Crippen molar-refractivity contribution in [1.82, 2.24) is 25.1 Å². The zero-order chi connectivity index (χ0) is 19.9. The quantitative estimate of drug-likeness (QED) is 0.438. The molecule has 0 aliphatic rings. The van der Waals surface area contributed by atoms with Crippen LogP contribution in [0.25, 0.3) is 17.1 Å². The van der Waals surface area contributed by atoms with E-state index >= 15 is 0 Å². The first-order valence-electron chi connectivity index (χ1n) is 9.14. The number of rotatable bonds is 8. The Hall–Kier alpha value is -2.97. The molecule has 146 valence electrons. The predicted octanol–water partition coefficient (Wildman–Crippen LogP) is 3.84. The Bertz CT molecular complexity index is 1050. The molecule has 0 fully saturated rings. The van der Waals surface area contributed by atoms with Crippen LogP contribution in [0, 0.1) is 0 Å². The number of para-hydroxylation sites is 1. The third kappa shape index (κ3) is 4.90. The van der Waals surface area contributed by atoms with E-state index in [1.807, 2.05) is 58.5 Å². The number of hydrogen-bond acceptors (Lipinski definition) is 6. The maximum atomic E-state index is 12.3. The van der Waals surface area contributed by atoms with Gasteiger partial charge in [-0.3, -0.25) is 14.3 Å². The van der Waals surface area contributed by atoms with E-state index in [4.69, 9.17) is 0 Å². The van der Waals surface area contributed by atoms with Crippen molar-refractivity contribution in [3.63, 3.8) is 0 Å². The zero-order valence-corrected chi connectivity index (χ0v) is 17.2. The molecule has 1 amide bonds. The molecular formula is C21H19N5OS2. The standard InChI is InChI=1S/C21H19N5OS2/c27-19(23-12-10-18-9-5-13-28-18)15-29-21-25-24-20(16-6-4-11-22-14-16)26(21)17-7-2-1-3-8-17/h1-9,11,13-14H,10,12,15H2,(H,23,27). The molecule has 1 aromatic carbocycles. The number of aromatic nitrogens is 4. The molecule has 0 saturated carbocycles. The van der Waals surface area contributed by atoms with E-state index in [2.05, 4.69) is 26.6 Å². The number of amides is 1. The van der Waals surface area contributed by atoms with Crippen LogP contribution in [0.5, 0.6) is 0 Å². The summed E-state index contributed by atoms with van der Waals surface area (Å²) in [7, 11) is 0. The van der Waals surface area contributed by atoms with Crippen LogP contribution < -0.4 is 5.32 Å². The van der Waals surface area contributed by atoms with Crippen LogP contribution in [-0.2, 0) is 11.2 Å². The van der Waals surface area contributed by atoms with Crippen molar-refractivity contribution in [2.45, 2.75) is 11.6 Å². The third-order valence-electron chi connectivity index (χ3n) is 4.17. The number of carbonyl (C=O) groups excluding carboxylic acids is 1. The predicted molar refractivity (Wildman–Crippen MR) is 116 cm³/mol. The number of pyridine rings is 1. The lowest BCUT2D eigenvalue weighted by Gasteiger charge is -2.10. The largest absolute Gasteiger partial charge is 0.355 e. The molecular weight excluding hydrogens is 402 g/mol. The number of benzene rings is 1. The second-order valence-electron chi connectivity index (χ2n) is 6.19. The summed E-state index contributed by atoms with van der Waals surface area (Å²) in [5, 5.41) is 14.4. The maximum Gasteiger partial charge on any atom is 0.230 e. The summed E-state index contributed by atoms with van der Waals surface area (Å²) < 4.78 is 1.96. The van der Waals surface area contributed by atoms with E-state index in [0.717, 1.165) is 17.7 Å². The van der Waals surface area contributed by atoms with E-state index in [1.165, 1.54) is 16.6 Å². The highest BCUT2D eigenvalue weighted by Crippen LogP contribution is 2.27. The SMILES string of the molecule is O=C(CSc1nnc(-c2cccnc2)n1-c1ccccc1)NCCc1cccs1. The van der Waals surface area contributed by atoms with E-state index < -0.39 is 0 Å². The average molecular weight is 422 g/mol. The highest BCUT2D eigenvalue weighted by Gasteiger charge is 2.17. The first kappa shape index (κ1) is 19.4. The molecule has 0 radical (unpaired) electrons. The van der Waals surface area contributed by atoms with Gasteiger partial charge in [0.05, 0.1) is 5.75 Å². The van der Waals surface area contributed by atoms with Gasteiger partial charge < -0.3 is 5.32 Å². The van der Waals surface area contributed by atoms with E-state index in [9.17, 15) is 4.79 Å². The fourth-order valence-electron chi connectivity index (χ4n) is 2.82. The summed E-state index contributed by atoms with van der Waals surface area (Å²) >= 11 is 3.07. The summed E-state index contributed by atoms with van der Waals surface area (Å²) in [6.45, 7) is 0.631. The number of carbonyl (C=O) groups is 1. The molecule has 4 rings (SSSR count). The number of thiophene rings is 1. The minimum Gasteiger partial charge on any atom is -0.355 e. The molecule has 3 heterocycles. The molecule has 4 aromatic rings. The molecule has 3 aromatic heterocycles. The number of nitrogens with zero attached hydrogens (tertiary/aromatic N) is 4. The van der Waals surface area contributed by atoms with E-state index in [1.54, 1.807) is 23.7 Å². The highest BCUT2D eigenvalue weighted by molar-refractivity contribution is 7.99. The van der Waals surface area contributed by atoms with Crippen LogP contribution in [0.15, 0.2) is 77.5 Å². The first-order valence-corrected chi connectivity index (χ1v) is 11.0. The molecule has 0 aliphatic heterocycles. The topological polar surface area (TPSA) is 72.7 Å². The fraction of sp³-hybridized carbons (Fsp3) is 0.143. The minimum absolute atomic E-state index is 0.0166. The summed E-state index contributed by atoms with van der Waals surface area (Å²) in [5.41, 5.74) is 1.81. The molecule has 0 aliphatic carbocycles. The Morgan fingerprint density at radius 3 is 2.72 bits per heavy atom.